The van der Waals surface area contributed by atoms with E-state index in [-0.39, 0.29) is 29.3 Å². The summed E-state index contributed by atoms with van der Waals surface area (Å²) in [7, 11) is 3.35. The number of fused-ring (bicyclic) bond motifs is 1. The van der Waals surface area contributed by atoms with Crippen LogP contribution in [0.2, 0.25) is 0 Å². The molecule has 0 unspecified atom stereocenters. The summed E-state index contributed by atoms with van der Waals surface area (Å²) in [5.41, 5.74) is 0.601. The zero-order valence-corrected chi connectivity index (χ0v) is 17.7. The Morgan fingerprint density at radius 1 is 1.34 bits per heavy atom. The number of amides is 1. The number of pyridine rings is 1. The van der Waals surface area contributed by atoms with Gasteiger partial charge in [-0.1, -0.05) is 0 Å². The van der Waals surface area contributed by atoms with E-state index in [1.165, 1.54) is 15.3 Å². The van der Waals surface area contributed by atoms with Gasteiger partial charge < -0.3 is 25.3 Å². The number of carbonyl (C=O) groups is 1. The van der Waals surface area contributed by atoms with Crippen molar-refractivity contribution in [3.05, 3.63) is 46.5 Å². The van der Waals surface area contributed by atoms with E-state index in [0.717, 1.165) is 12.8 Å². The van der Waals surface area contributed by atoms with Gasteiger partial charge in [-0.25, -0.2) is 9.37 Å². The Balaban J connectivity index is 1.46. The number of aromatic nitrogens is 4. The molecule has 168 valence electrons. The highest BCUT2D eigenvalue weighted by Crippen LogP contribution is 2.37. The predicted molar refractivity (Wildman–Crippen MR) is 116 cm³/mol. The summed E-state index contributed by atoms with van der Waals surface area (Å²) < 4.78 is 21.7. The van der Waals surface area contributed by atoms with Crippen LogP contribution in [0, 0.1) is 0 Å². The van der Waals surface area contributed by atoms with E-state index in [4.69, 9.17) is 4.74 Å². The van der Waals surface area contributed by atoms with Crippen LogP contribution in [0.4, 0.5) is 21.7 Å². The van der Waals surface area contributed by atoms with Crippen LogP contribution in [0.1, 0.15) is 35.7 Å². The van der Waals surface area contributed by atoms with E-state index in [1.54, 1.807) is 38.6 Å². The average Bonchev–Trinajstić information content (AvgIpc) is 3.33. The van der Waals surface area contributed by atoms with Gasteiger partial charge in [-0.05, 0) is 25.0 Å². The summed E-state index contributed by atoms with van der Waals surface area (Å²) in [5.74, 6) is 0.651. The first-order valence-electron chi connectivity index (χ1n) is 10.5. The maximum Gasteiger partial charge on any atom is 0.274 e. The molecule has 0 aromatic carbocycles. The second-order valence-electron chi connectivity index (χ2n) is 8.08. The highest BCUT2D eigenvalue weighted by molar-refractivity contribution is 6.00. The van der Waals surface area contributed by atoms with Crippen molar-refractivity contribution in [2.24, 2.45) is 0 Å². The second kappa shape index (κ2) is 7.90. The third kappa shape index (κ3) is 3.48. The molecule has 0 aliphatic heterocycles. The van der Waals surface area contributed by atoms with Gasteiger partial charge in [0, 0.05) is 32.8 Å². The van der Waals surface area contributed by atoms with Crippen LogP contribution in [0.25, 0.3) is 5.65 Å². The van der Waals surface area contributed by atoms with Crippen LogP contribution in [-0.4, -0.2) is 57.5 Å². The van der Waals surface area contributed by atoms with Gasteiger partial charge in [-0.15, -0.1) is 0 Å². The molecule has 3 heterocycles. The van der Waals surface area contributed by atoms with Crippen molar-refractivity contribution in [1.29, 1.82) is 0 Å². The molecule has 2 saturated carbocycles. The van der Waals surface area contributed by atoms with Crippen molar-refractivity contribution in [2.45, 2.75) is 43.6 Å². The van der Waals surface area contributed by atoms with Gasteiger partial charge in [-0.2, -0.15) is 9.61 Å². The Kier molecular flexibility index (Phi) is 5.04. The third-order valence-electron chi connectivity index (χ3n) is 6.08. The Hall–Kier alpha value is -3.47. The highest BCUT2D eigenvalue weighted by Gasteiger charge is 2.40. The van der Waals surface area contributed by atoms with Crippen molar-refractivity contribution in [1.82, 2.24) is 24.5 Å². The number of alkyl halides is 1. The molecule has 2 fully saturated rings. The molecule has 3 aromatic rings. The Morgan fingerprint density at radius 2 is 2.16 bits per heavy atom. The molecule has 1 amide bonds. The molecule has 3 N–H and O–H groups in total. The third-order valence-corrected chi connectivity index (χ3v) is 6.08. The summed E-state index contributed by atoms with van der Waals surface area (Å²) in [6, 6.07) is 4.53. The van der Waals surface area contributed by atoms with Crippen molar-refractivity contribution in [3.8, 4) is 0 Å². The largest absolute Gasteiger partial charge is 0.379 e. The lowest BCUT2D eigenvalue weighted by Gasteiger charge is -2.35. The SMILES string of the molecule is CNc1cc(Nc2cccn([C@H]3C[C@@H]3F)c2=O)nc2c(C(=O)N[C@@H]3CC[C@H]3OC)cnn12. The topological polar surface area (TPSA) is 115 Å². The number of rotatable bonds is 7. The van der Waals surface area contributed by atoms with Crippen LogP contribution >= 0.6 is 0 Å². The fraction of sp³-hybridized carbons (Fsp3) is 0.429. The van der Waals surface area contributed by atoms with E-state index < -0.39 is 12.2 Å². The molecule has 0 bridgehead atoms. The fourth-order valence-electron chi connectivity index (χ4n) is 3.97. The van der Waals surface area contributed by atoms with Crippen LogP contribution in [0.5, 0.6) is 0 Å². The Labute approximate surface area is 182 Å². The van der Waals surface area contributed by atoms with E-state index in [9.17, 15) is 14.0 Å². The number of carbonyl (C=O) groups excluding carboxylic acids is 1. The number of hydrogen-bond acceptors (Lipinski definition) is 7. The van der Waals surface area contributed by atoms with E-state index in [2.05, 4.69) is 26.0 Å². The number of methoxy groups -OCH3 is 1. The molecule has 0 radical (unpaired) electrons. The summed E-state index contributed by atoms with van der Waals surface area (Å²) in [6.45, 7) is 0. The second-order valence-corrected chi connectivity index (χ2v) is 8.08. The first kappa shape index (κ1) is 20.4. The van der Waals surface area contributed by atoms with Crippen LogP contribution in [0.3, 0.4) is 0 Å². The number of anilines is 3. The fourth-order valence-corrected chi connectivity index (χ4v) is 3.97. The van der Waals surface area contributed by atoms with E-state index in [0.29, 0.717) is 29.3 Å². The number of halogens is 1. The van der Waals surface area contributed by atoms with Crippen LogP contribution in [0.15, 0.2) is 35.4 Å². The predicted octanol–water partition coefficient (Wildman–Crippen LogP) is 1.87. The Morgan fingerprint density at radius 3 is 2.81 bits per heavy atom. The number of nitrogens with zero attached hydrogens (tertiary/aromatic N) is 4. The molecule has 4 atom stereocenters. The lowest BCUT2D eigenvalue weighted by atomic mass is 9.89. The van der Waals surface area contributed by atoms with E-state index >= 15 is 0 Å². The maximum atomic E-state index is 13.5. The molecule has 2 aliphatic carbocycles. The van der Waals surface area contributed by atoms with Gasteiger partial charge in [-0.3, -0.25) is 9.59 Å². The summed E-state index contributed by atoms with van der Waals surface area (Å²) in [5, 5.41) is 13.3. The average molecular weight is 441 g/mol. The molecule has 10 nitrogen and oxygen atoms in total. The highest BCUT2D eigenvalue weighted by atomic mass is 19.1. The standard InChI is InChI=1S/C21H24FN7O3/c1-23-18-9-17(25-14-4-3-7-28(21(14)31)15-8-12(15)22)27-19-11(10-24-29(18)19)20(30)26-13-5-6-16(13)32-2/h3-4,7,9-10,12-13,15-16,23H,5-6,8H2,1-2H3,(H,25,27)(H,26,30)/t12-,13+,15-,16+/m0/s1. The summed E-state index contributed by atoms with van der Waals surface area (Å²) in [4.78, 5) is 30.2. The quantitative estimate of drug-likeness (QED) is 0.513. The summed E-state index contributed by atoms with van der Waals surface area (Å²) >= 11 is 0. The van der Waals surface area contributed by atoms with Gasteiger partial charge in [0.25, 0.3) is 11.5 Å². The van der Waals surface area contributed by atoms with Gasteiger partial charge in [0.15, 0.2) is 5.65 Å². The molecule has 32 heavy (non-hydrogen) atoms. The van der Waals surface area contributed by atoms with Crippen molar-refractivity contribution >= 4 is 28.9 Å². The van der Waals surface area contributed by atoms with Gasteiger partial charge in [0.05, 0.1) is 24.4 Å². The van der Waals surface area contributed by atoms with Crippen LogP contribution in [-0.2, 0) is 4.74 Å². The number of nitrogens with one attached hydrogen (secondary N) is 3. The zero-order valence-electron chi connectivity index (χ0n) is 17.7. The van der Waals surface area contributed by atoms with Crippen molar-refractivity contribution in [2.75, 3.05) is 24.8 Å². The minimum Gasteiger partial charge on any atom is -0.379 e. The first-order valence-corrected chi connectivity index (χ1v) is 10.5. The van der Waals surface area contributed by atoms with Gasteiger partial charge in [0.1, 0.15) is 29.1 Å². The maximum absolute atomic E-state index is 13.5. The Bertz CT molecular complexity index is 1240. The zero-order chi connectivity index (χ0) is 22.4. The molecule has 2 aliphatic rings. The molecule has 0 spiro atoms. The molecule has 5 rings (SSSR count). The molecular formula is C21H24FN7O3. The normalized spacial score (nSPS) is 24.1. The lowest BCUT2D eigenvalue weighted by molar-refractivity contribution is 0.00732. The molecule has 3 aromatic heterocycles. The van der Waals surface area contributed by atoms with Crippen molar-refractivity contribution < 1.29 is 13.9 Å². The smallest absolute Gasteiger partial charge is 0.274 e. The lowest BCUT2D eigenvalue weighted by Crippen LogP contribution is -2.51. The monoisotopic (exact) mass is 441 g/mol. The van der Waals surface area contributed by atoms with Crippen molar-refractivity contribution in [3.63, 3.8) is 0 Å². The molecule has 0 saturated heterocycles. The number of hydrogen-bond donors (Lipinski definition) is 3. The molecule has 11 heteroatoms. The van der Waals surface area contributed by atoms with Crippen LogP contribution < -0.4 is 21.5 Å². The summed E-state index contributed by atoms with van der Waals surface area (Å²) in [6.07, 6.45) is 4.17. The van der Waals surface area contributed by atoms with E-state index in [1.807, 2.05) is 0 Å². The number of ether oxygens (including phenoxy) is 1. The van der Waals surface area contributed by atoms with Gasteiger partial charge >= 0.3 is 0 Å². The minimum atomic E-state index is -0.991. The molecular weight excluding hydrogens is 417 g/mol. The van der Waals surface area contributed by atoms with Gasteiger partial charge in [0.2, 0.25) is 0 Å². The minimum absolute atomic E-state index is 0.00878. The first-order chi connectivity index (χ1) is 15.5.